The first-order valence-corrected chi connectivity index (χ1v) is 6.35. The Kier molecular flexibility index (Phi) is 3.32. The van der Waals surface area contributed by atoms with Crippen molar-refractivity contribution in [3.05, 3.63) is 28.8 Å². The van der Waals surface area contributed by atoms with Crippen LogP contribution >= 0.6 is 0 Å². The molecule has 3 nitrogen and oxygen atoms in total. The molecule has 1 heterocycles. The van der Waals surface area contributed by atoms with Crippen LogP contribution in [0.4, 0.5) is 0 Å². The third kappa shape index (κ3) is 1.77. The van der Waals surface area contributed by atoms with Gasteiger partial charge in [0.25, 0.3) is 0 Å². The first-order chi connectivity index (χ1) is 8.53. The van der Waals surface area contributed by atoms with Crippen LogP contribution in [0.25, 0.3) is 0 Å². The van der Waals surface area contributed by atoms with Gasteiger partial charge >= 0.3 is 0 Å². The van der Waals surface area contributed by atoms with Crippen LogP contribution in [0, 0.1) is 25.2 Å². The lowest BCUT2D eigenvalue weighted by atomic mass is 9.84. The number of benzene rings is 1. The van der Waals surface area contributed by atoms with Gasteiger partial charge in [0.2, 0.25) is 0 Å². The molecule has 18 heavy (non-hydrogen) atoms. The van der Waals surface area contributed by atoms with E-state index in [1.54, 1.807) is 0 Å². The molecule has 1 aromatic carbocycles. The summed E-state index contributed by atoms with van der Waals surface area (Å²) in [4.78, 5) is 2.01. The minimum atomic E-state index is -0.565. The van der Waals surface area contributed by atoms with Crippen LogP contribution in [0.15, 0.2) is 12.1 Å². The maximum absolute atomic E-state index is 9.70. The van der Waals surface area contributed by atoms with E-state index in [9.17, 15) is 5.26 Å². The lowest BCUT2D eigenvalue weighted by Crippen LogP contribution is -2.39. The van der Waals surface area contributed by atoms with Crippen molar-refractivity contribution >= 4 is 0 Å². The fourth-order valence-electron chi connectivity index (χ4n) is 2.62. The second kappa shape index (κ2) is 4.62. The fraction of sp³-hybridized carbons (Fsp3) is 0.533. The van der Waals surface area contributed by atoms with E-state index in [2.05, 4.69) is 26.0 Å². The van der Waals surface area contributed by atoms with E-state index >= 15 is 0 Å². The molecule has 1 atom stereocenters. The van der Waals surface area contributed by atoms with E-state index in [0.29, 0.717) is 6.61 Å². The van der Waals surface area contributed by atoms with Crippen molar-refractivity contribution in [3.8, 4) is 11.8 Å². The van der Waals surface area contributed by atoms with Crippen LogP contribution in [0.1, 0.15) is 29.5 Å². The second-order valence-corrected chi connectivity index (χ2v) is 5.20. The van der Waals surface area contributed by atoms with Gasteiger partial charge in [0.05, 0.1) is 12.7 Å². The van der Waals surface area contributed by atoms with Crippen molar-refractivity contribution in [2.75, 3.05) is 20.7 Å². The van der Waals surface area contributed by atoms with Gasteiger partial charge < -0.3 is 4.74 Å². The molecule has 2 rings (SSSR count). The molecule has 0 spiro atoms. The lowest BCUT2D eigenvalue weighted by molar-refractivity contribution is 0.202. The zero-order valence-electron chi connectivity index (χ0n) is 11.6. The Morgan fingerprint density at radius 3 is 2.67 bits per heavy atom. The fourth-order valence-corrected chi connectivity index (χ4v) is 2.62. The molecule has 1 aliphatic rings. The first kappa shape index (κ1) is 12.9. The van der Waals surface area contributed by atoms with E-state index in [-0.39, 0.29) is 0 Å². The lowest BCUT2D eigenvalue weighted by Gasteiger charge is -2.33. The van der Waals surface area contributed by atoms with Gasteiger partial charge in [-0.2, -0.15) is 5.26 Å². The normalized spacial score (nSPS) is 22.9. The van der Waals surface area contributed by atoms with Crippen LogP contribution < -0.4 is 4.74 Å². The molecule has 0 aromatic heterocycles. The van der Waals surface area contributed by atoms with Crippen molar-refractivity contribution in [2.24, 2.45) is 0 Å². The number of aryl methyl sites for hydroxylation is 1. The summed E-state index contributed by atoms with van der Waals surface area (Å²) in [5.74, 6) is 0.905. The second-order valence-electron chi connectivity index (χ2n) is 5.20. The number of rotatable bonds is 1. The Morgan fingerprint density at radius 1 is 1.33 bits per heavy atom. The summed E-state index contributed by atoms with van der Waals surface area (Å²) in [6.07, 6.45) is 1.71. The Balaban J connectivity index is 2.70. The van der Waals surface area contributed by atoms with Crippen molar-refractivity contribution in [2.45, 2.75) is 32.2 Å². The zero-order valence-corrected chi connectivity index (χ0v) is 11.6. The molecule has 0 fully saturated rings. The molecule has 1 aromatic rings. The quantitative estimate of drug-likeness (QED) is 0.762. The highest BCUT2D eigenvalue weighted by Crippen LogP contribution is 2.41. The highest BCUT2D eigenvalue weighted by Gasteiger charge is 2.39. The SMILES string of the molecule is Cc1ccc2c(c1C)OCCCC2(C#N)N(C)C. The van der Waals surface area contributed by atoms with E-state index in [4.69, 9.17) is 4.74 Å². The molecule has 0 amide bonds. The van der Waals surface area contributed by atoms with Gasteiger partial charge in [-0.25, -0.2) is 0 Å². The predicted molar refractivity (Wildman–Crippen MR) is 71.6 cm³/mol. The summed E-state index contributed by atoms with van der Waals surface area (Å²) in [5.41, 5.74) is 2.80. The Morgan fingerprint density at radius 2 is 2.06 bits per heavy atom. The van der Waals surface area contributed by atoms with E-state index in [1.807, 2.05) is 25.1 Å². The summed E-state index contributed by atoms with van der Waals surface area (Å²) >= 11 is 0. The highest BCUT2D eigenvalue weighted by atomic mass is 16.5. The molecule has 0 N–H and O–H groups in total. The molecular weight excluding hydrogens is 224 g/mol. The average Bonchev–Trinajstić information content (AvgIpc) is 2.54. The Hall–Kier alpha value is -1.53. The van der Waals surface area contributed by atoms with Gasteiger partial charge in [-0.15, -0.1) is 0 Å². The predicted octanol–water partition coefficient (Wildman–Crippen LogP) is 2.76. The Labute approximate surface area is 109 Å². The number of hydrogen-bond donors (Lipinski definition) is 0. The van der Waals surface area contributed by atoms with Gasteiger partial charge in [0, 0.05) is 5.56 Å². The molecular formula is C15H20N2O. The van der Waals surface area contributed by atoms with Crippen molar-refractivity contribution in [3.63, 3.8) is 0 Å². The van der Waals surface area contributed by atoms with Gasteiger partial charge in [0.1, 0.15) is 11.3 Å². The molecule has 0 aliphatic carbocycles. The Bertz CT molecular complexity index is 502. The third-order valence-corrected chi connectivity index (χ3v) is 4.00. The summed E-state index contributed by atoms with van der Waals surface area (Å²) in [5, 5.41) is 9.70. The molecule has 96 valence electrons. The molecule has 1 unspecified atom stereocenters. The largest absolute Gasteiger partial charge is 0.493 e. The van der Waals surface area contributed by atoms with Crippen molar-refractivity contribution in [1.29, 1.82) is 5.26 Å². The van der Waals surface area contributed by atoms with E-state index in [0.717, 1.165) is 29.7 Å². The maximum Gasteiger partial charge on any atom is 0.137 e. The number of hydrogen-bond acceptors (Lipinski definition) is 3. The summed E-state index contributed by atoms with van der Waals surface area (Å²) < 4.78 is 5.89. The molecule has 3 heteroatoms. The van der Waals surface area contributed by atoms with Crippen LogP contribution in [0.2, 0.25) is 0 Å². The number of ether oxygens (including phenoxy) is 1. The summed E-state index contributed by atoms with van der Waals surface area (Å²) in [6, 6.07) is 6.64. The van der Waals surface area contributed by atoms with E-state index < -0.39 is 5.54 Å². The van der Waals surface area contributed by atoms with Crippen LogP contribution in [-0.2, 0) is 5.54 Å². The van der Waals surface area contributed by atoms with Crippen LogP contribution in [0.3, 0.4) is 0 Å². The minimum absolute atomic E-state index is 0.565. The van der Waals surface area contributed by atoms with Gasteiger partial charge in [-0.05, 0) is 51.9 Å². The average molecular weight is 244 g/mol. The van der Waals surface area contributed by atoms with Crippen molar-refractivity contribution < 1.29 is 4.74 Å². The number of fused-ring (bicyclic) bond motifs is 1. The third-order valence-electron chi connectivity index (χ3n) is 4.00. The number of nitriles is 1. The molecule has 0 radical (unpaired) electrons. The van der Waals surface area contributed by atoms with Gasteiger partial charge in [-0.1, -0.05) is 12.1 Å². The molecule has 0 saturated carbocycles. The summed E-state index contributed by atoms with van der Waals surface area (Å²) in [6.45, 7) is 4.83. The molecule has 0 bridgehead atoms. The first-order valence-electron chi connectivity index (χ1n) is 6.35. The monoisotopic (exact) mass is 244 g/mol. The molecule has 0 saturated heterocycles. The standard InChI is InChI=1S/C15H20N2O/c1-11-6-7-13-14(12(11)2)18-9-5-8-15(13,10-16)17(3)4/h6-7H,5,8-9H2,1-4H3. The number of nitrogens with zero attached hydrogens (tertiary/aromatic N) is 2. The smallest absolute Gasteiger partial charge is 0.137 e. The minimum Gasteiger partial charge on any atom is -0.493 e. The van der Waals surface area contributed by atoms with Gasteiger partial charge in [0.15, 0.2) is 0 Å². The zero-order chi connectivity index (χ0) is 13.3. The summed E-state index contributed by atoms with van der Waals surface area (Å²) in [7, 11) is 3.93. The van der Waals surface area contributed by atoms with Gasteiger partial charge in [-0.3, -0.25) is 4.90 Å². The highest BCUT2D eigenvalue weighted by molar-refractivity contribution is 5.51. The maximum atomic E-state index is 9.70. The van der Waals surface area contributed by atoms with E-state index in [1.165, 1.54) is 5.56 Å². The van der Waals surface area contributed by atoms with Crippen LogP contribution in [-0.4, -0.2) is 25.6 Å². The van der Waals surface area contributed by atoms with Crippen molar-refractivity contribution in [1.82, 2.24) is 4.90 Å². The van der Waals surface area contributed by atoms with Crippen LogP contribution in [0.5, 0.6) is 5.75 Å². The topological polar surface area (TPSA) is 36.3 Å². The molecule has 1 aliphatic heterocycles.